The van der Waals surface area contributed by atoms with Crippen LogP contribution in [0.2, 0.25) is 0 Å². The fraction of sp³-hybridized carbons (Fsp3) is 0.200. The Balaban J connectivity index is 2.94. The summed E-state index contributed by atoms with van der Waals surface area (Å²) in [6.45, 7) is 0. The van der Waals surface area contributed by atoms with Crippen molar-refractivity contribution >= 4 is 9.84 Å². The van der Waals surface area contributed by atoms with E-state index in [0.29, 0.717) is 0 Å². The van der Waals surface area contributed by atoms with Gasteiger partial charge in [-0.15, -0.1) is 6.42 Å². The predicted molar refractivity (Wildman–Crippen MR) is 53.3 cm³/mol. The van der Waals surface area contributed by atoms with Gasteiger partial charge in [-0.1, -0.05) is 24.1 Å². The third-order valence-electron chi connectivity index (χ3n) is 1.67. The monoisotopic (exact) mass is 210 g/mol. The van der Waals surface area contributed by atoms with Gasteiger partial charge in [-0.2, -0.15) is 0 Å². The first kappa shape index (κ1) is 10.8. The summed E-state index contributed by atoms with van der Waals surface area (Å²) >= 11 is 0. The van der Waals surface area contributed by atoms with Crippen molar-refractivity contribution < 1.29 is 13.5 Å². The van der Waals surface area contributed by atoms with E-state index in [-0.39, 0.29) is 4.90 Å². The summed E-state index contributed by atoms with van der Waals surface area (Å²) in [5, 5.41) is 9.04. The summed E-state index contributed by atoms with van der Waals surface area (Å²) in [6, 6.07) is 7.90. The molecule has 0 spiro atoms. The summed E-state index contributed by atoms with van der Waals surface area (Å²) in [5.74, 6) is 1.53. The molecule has 0 saturated carbocycles. The maximum atomic E-state index is 11.5. The average Bonchev–Trinajstić information content (AvgIpc) is 2.18. The van der Waals surface area contributed by atoms with Crippen LogP contribution in [-0.2, 0) is 9.84 Å². The van der Waals surface area contributed by atoms with Crippen molar-refractivity contribution in [1.29, 1.82) is 0 Å². The highest BCUT2D eigenvalue weighted by molar-refractivity contribution is 7.91. The number of hydrogen-bond acceptors (Lipinski definition) is 3. The Labute approximate surface area is 83.3 Å². The Morgan fingerprint density at radius 1 is 1.36 bits per heavy atom. The SMILES string of the molecule is C#CC(O)CS(=O)(=O)c1ccccc1. The largest absolute Gasteiger partial charge is 0.379 e. The molecular weight excluding hydrogens is 200 g/mol. The maximum absolute atomic E-state index is 11.5. The van der Waals surface area contributed by atoms with Crippen molar-refractivity contribution in [3.05, 3.63) is 30.3 Å². The summed E-state index contributed by atoms with van der Waals surface area (Å²) < 4.78 is 23.1. The zero-order chi connectivity index (χ0) is 10.6. The number of aliphatic hydroxyl groups excluding tert-OH is 1. The zero-order valence-corrected chi connectivity index (χ0v) is 8.24. The van der Waals surface area contributed by atoms with Crippen molar-refractivity contribution in [3.63, 3.8) is 0 Å². The van der Waals surface area contributed by atoms with Gasteiger partial charge in [-0.05, 0) is 12.1 Å². The smallest absolute Gasteiger partial charge is 0.181 e. The van der Waals surface area contributed by atoms with Crippen LogP contribution >= 0.6 is 0 Å². The third-order valence-corrected chi connectivity index (χ3v) is 3.42. The van der Waals surface area contributed by atoms with Gasteiger partial charge in [0.25, 0.3) is 0 Å². The van der Waals surface area contributed by atoms with Crippen molar-refractivity contribution in [3.8, 4) is 12.3 Å². The molecule has 0 aliphatic rings. The molecule has 0 radical (unpaired) electrons. The Kier molecular flexibility index (Phi) is 3.28. The van der Waals surface area contributed by atoms with E-state index in [2.05, 4.69) is 0 Å². The predicted octanol–water partition coefficient (Wildman–Crippen LogP) is 0.454. The lowest BCUT2D eigenvalue weighted by atomic mass is 10.4. The lowest BCUT2D eigenvalue weighted by Gasteiger charge is -2.05. The first-order valence-electron chi connectivity index (χ1n) is 3.98. The van der Waals surface area contributed by atoms with E-state index in [1.54, 1.807) is 18.2 Å². The molecule has 1 N–H and O–H groups in total. The molecule has 0 aromatic heterocycles. The van der Waals surface area contributed by atoms with Crippen LogP contribution in [-0.4, -0.2) is 25.4 Å². The molecule has 4 heteroatoms. The summed E-state index contributed by atoms with van der Waals surface area (Å²) in [4.78, 5) is 0.175. The molecule has 1 aromatic rings. The molecule has 1 atom stereocenters. The Bertz CT molecular complexity index is 428. The zero-order valence-electron chi connectivity index (χ0n) is 7.42. The molecule has 1 rings (SSSR count). The van der Waals surface area contributed by atoms with Crippen molar-refractivity contribution in [1.82, 2.24) is 0 Å². The molecule has 0 heterocycles. The van der Waals surface area contributed by atoms with Crippen LogP contribution in [0.4, 0.5) is 0 Å². The molecule has 0 bridgehead atoms. The Hall–Kier alpha value is -1.31. The first-order valence-corrected chi connectivity index (χ1v) is 5.63. The Morgan fingerprint density at radius 3 is 2.43 bits per heavy atom. The van der Waals surface area contributed by atoms with Gasteiger partial charge in [-0.25, -0.2) is 8.42 Å². The third kappa shape index (κ3) is 2.59. The topological polar surface area (TPSA) is 54.4 Å². The molecule has 0 aliphatic carbocycles. The van der Waals surface area contributed by atoms with Crippen LogP contribution in [0.5, 0.6) is 0 Å². The molecule has 0 saturated heterocycles. The molecule has 1 unspecified atom stereocenters. The second kappa shape index (κ2) is 4.27. The summed E-state index contributed by atoms with van der Waals surface area (Å²) in [5.41, 5.74) is 0. The highest BCUT2D eigenvalue weighted by Gasteiger charge is 2.17. The van der Waals surface area contributed by atoms with Gasteiger partial charge >= 0.3 is 0 Å². The van der Waals surface area contributed by atoms with Crippen LogP contribution in [0.15, 0.2) is 35.2 Å². The van der Waals surface area contributed by atoms with Crippen molar-refractivity contribution in [2.75, 3.05) is 5.75 Å². The van der Waals surface area contributed by atoms with E-state index in [1.165, 1.54) is 12.1 Å². The molecule has 3 nitrogen and oxygen atoms in total. The minimum absolute atomic E-state index is 0.175. The molecule has 1 aromatic carbocycles. The Morgan fingerprint density at radius 2 is 1.93 bits per heavy atom. The second-order valence-electron chi connectivity index (χ2n) is 2.78. The minimum atomic E-state index is -3.46. The number of hydrogen-bond donors (Lipinski definition) is 1. The van der Waals surface area contributed by atoms with E-state index in [1.807, 2.05) is 5.92 Å². The average molecular weight is 210 g/mol. The van der Waals surface area contributed by atoms with Gasteiger partial charge in [0.15, 0.2) is 9.84 Å². The number of benzene rings is 1. The summed E-state index contributed by atoms with van der Waals surface area (Å²) in [7, 11) is -3.46. The lowest BCUT2D eigenvalue weighted by Crippen LogP contribution is -2.19. The van der Waals surface area contributed by atoms with Gasteiger partial charge in [0.2, 0.25) is 0 Å². The van der Waals surface area contributed by atoms with E-state index >= 15 is 0 Å². The van der Waals surface area contributed by atoms with Gasteiger partial charge < -0.3 is 5.11 Å². The highest BCUT2D eigenvalue weighted by atomic mass is 32.2. The van der Waals surface area contributed by atoms with Crippen LogP contribution < -0.4 is 0 Å². The standard InChI is InChI=1S/C10H10O3S/c1-2-9(11)8-14(12,13)10-6-4-3-5-7-10/h1,3-7,9,11H,8H2. The number of aliphatic hydroxyl groups is 1. The van der Waals surface area contributed by atoms with Gasteiger partial charge in [-0.3, -0.25) is 0 Å². The van der Waals surface area contributed by atoms with E-state index in [0.717, 1.165) is 0 Å². The van der Waals surface area contributed by atoms with Crippen LogP contribution in [0, 0.1) is 12.3 Å². The number of rotatable bonds is 3. The summed E-state index contributed by atoms with van der Waals surface area (Å²) in [6.07, 6.45) is 3.64. The first-order chi connectivity index (χ1) is 6.56. The van der Waals surface area contributed by atoms with Crippen LogP contribution in [0.25, 0.3) is 0 Å². The fourth-order valence-electron chi connectivity index (χ4n) is 0.980. The molecular formula is C10H10O3S. The maximum Gasteiger partial charge on any atom is 0.181 e. The van der Waals surface area contributed by atoms with Crippen LogP contribution in [0.1, 0.15) is 0 Å². The highest BCUT2D eigenvalue weighted by Crippen LogP contribution is 2.10. The normalized spacial score (nSPS) is 13.1. The second-order valence-corrected chi connectivity index (χ2v) is 4.81. The molecule has 0 fully saturated rings. The van der Waals surface area contributed by atoms with Crippen molar-refractivity contribution in [2.24, 2.45) is 0 Å². The van der Waals surface area contributed by atoms with Crippen LogP contribution in [0.3, 0.4) is 0 Å². The quantitative estimate of drug-likeness (QED) is 0.737. The number of sulfone groups is 1. The molecule has 14 heavy (non-hydrogen) atoms. The van der Waals surface area contributed by atoms with Gasteiger partial charge in [0.1, 0.15) is 6.10 Å². The lowest BCUT2D eigenvalue weighted by molar-refractivity contribution is 0.255. The van der Waals surface area contributed by atoms with Crippen molar-refractivity contribution in [2.45, 2.75) is 11.0 Å². The number of terminal acetylenes is 1. The van der Waals surface area contributed by atoms with Gasteiger partial charge in [0.05, 0.1) is 10.6 Å². The van der Waals surface area contributed by atoms with E-state index < -0.39 is 21.7 Å². The fourth-order valence-corrected chi connectivity index (χ4v) is 2.26. The van der Waals surface area contributed by atoms with E-state index in [9.17, 15) is 8.42 Å². The molecule has 0 aliphatic heterocycles. The molecule has 0 amide bonds. The molecule has 74 valence electrons. The minimum Gasteiger partial charge on any atom is -0.379 e. The van der Waals surface area contributed by atoms with Gasteiger partial charge in [0, 0.05) is 0 Å². The van der Waals surface area contributed by atoms with E-state index in [4.69, 9.17) is 11.5 Å².